The SMILES string of the molecule is Cc1nc(SCc2ccccc2)c(C#N)c(-c2cccc([N+](=O)[O-])c2)c1C(=O)Nc1ccccc1. The van der Waals surface area contributed by atoms with Gasteiger partial charge >= 0.3 is 0 Å². The van der Waals surface area contributed by atoms with Crippen molar-refractivity contribution >= 4 is 29.0 Å². The van der Waals surface area contributed by atoms with Gasteiger partial charge in [-0.05, 0) is 30.2 Å². The van der Waals surface area contributed by atoms with Crippen LogP contribution in [0.3, 0.4) is 0 Å². The first-order valence-corrected chi connectivity index (χ1v) is 11.7. The van der Waals surface area contributed by atoms with E-state index in [1.165, 1.54) is 23.9 Å². The fourth-order valence-corrected chi connectivity index (χ4v) is 4.66. The molecule has 1 heterocycles. The summed E-state index contributed by atoms with van der Waals surface area (Å²) >= 11 is 1.38. The minimum Gasteiger partial charge on any atom is -0.322 e. The molecule has 1 aromatic heterocycles. The minimum atomic E-state index is -0.502. The molecule has 1 amide bonds. The predicted molar refractivity (Wildman–Crippen MR) is 136 cm³/mol. The van der Waals surface area contributed by atoms with Crippen LogP contribution in [0.25, 0.3) is 11.1 Å². The minimum absolute atomic E-state index is 0.131. The number of nitro groups is 1. The van der Waals surface area contributed by atoms with Crippen molar-refractivity contribution in [2.24, 2.45) is 0 Å². The Balaban J connectivity index is 1.86. The highest BCUT2D eigenvalue weighted by molar-refractivity contribution is 7.98. The highest BCUT2D eigenvalue weighted by Crippen LogP contribution is 2.37. The van der Waals surface area contributed by atoms with E-state index in [-0.39, 0.29) is 16.8 Å². The number of anilines is 1. The summed E-state index contributed by atoms with van der Waals surface area (Å²) in [6.07, 6.45) is 0. The Kier molecular flexibility index (Phi) is 7.19. The Morgan fingerprint density at radius 2 is 1.74 bits per heavy atom. The molecule has 0 fully saturated rings. The van der Waals surface area contributed by atoms with Crippen molar-refractivity contribution in [1.82, 2.24) is 4.98 Å². The molecule has 0 aliphatic heterocycles. The average Bonchev–Trinajstić information content (AvgIpc) is 2.88. The number of para-hydroxylation sites is 1. The van der Waals surface area contributed by atoms with Crippen LogP contribution in [0.15, 0.2) is 90.0 Å². The van der Waals surface area contributed by atoms with Crippen LogP contribution in [0.2, 0.25) is 0 Å². The van der Waals surface area contributed by atoms with Crippen LogP contribution in [0.4, 0.5) is 11.4 Å². The molecule has 3 aromatic carbocycles. The summed E-state index contributed by atoms with van der Waals surface area (Å²) in [4.78, 5) is 29.0. The van der Waals surface area contributed by atoms with Gasteiger partial charge in [-0.3, -0.25) is 14.9 Å². The Morgan fingerprint density at radius 3 is 2.40 bits per heavy atom. The van der Waals surface area contributed by atoms with Gasteiger partial charge in [-0.25, -0.2) is 4.98 Å². The fourth-order valence-electron chi connectivity index (χ4n) is 3.67. The molecule has 0 saturated heterocycles. The molecule has 0 atom stereocenters. The molecule has 4 aromatic rings. The molecule has 0 unspecified atom stereocenters. The van der Waals surface area contributed by atoms with Gasteiger partial charge in [-0.15, -0.1) is 11.8 Å². The number of aryl methyl sites for hydroxylation is 1. The van der Waals surface area contributed by atoms with Crippen molar-refractivity contribution in [3.05, 3.63) is 117 Å². The summed E-state index contributed by atoms with van der Waals surface area (Å²) < 4.78 is 0. The van der Waals surface area contributed by atoms with Crippen molar-refractivity contribution < 1.29 is 9.72 Å². The summed E-state index contributed by atoms with van der Waals surface area (Å²) in [6, 6.07) is 26.9. The third kappa shape index (κ3) is 5.37. The van der Waals surface area contributed by atoms with Gasteiger partial charge in [0.2, 0.25) is 0 Å². The number of carbonyl (C=O) groups is 1. The highest BCUT2D eigenvalue weighted by atomic mass is 32.2. The Morgan fingerprint density at radius 1 is 1.06 bits per heavy atom. The van der Waals surface area contributed by atoms with Gasteiger partial charge in [0.1, 0.15) is 11.1 Å². The number of amides is 1. The second-order valence-corrected chi connectivity index (χ2v) is 8.61. The molecule has 8 heteroatoms. The zero-order valence-electron chi connectivity index (χ0n) is 18.8. The maximum absolute atomic E-state index is 13.4. The lowest BCUT2D eigenvalue weighted by Crippen LogP contribution is -2.17. The number of thioether (sulfide) groups is 1. The second-order valence-electron chi connectivity index (χ2n) is 7.64. The molecule has 0 radical (unpaired) electrons. The number of nitriles is 1. The van der Waals surface area contributed by atoms with Gasteiger partial charge in [0.05, 0.1) is 21.7 Å². The highest BCUT2D eigenvalue weighted by Gasteiger charge is 2.25. The van der Waals surface area contributed by atoms with Crippen LogP contribution in [-0.4, -0.2) is 15.8 Å². The van der Waals surface area contributed by atoms with Crippen LogP contribution in [0, 0.1) is 28.4 Å². The first-order valence-electron chi connectivity index (χ1n) is 10.7. The summed E-state index contributed by atoms with van der Waals surface area (Å²) in [6.45, 7) is 1.70. The second kappa shape index (κ2) is 10.6. The lowest BCUT2D eigenvalue weighted by Gasteiger charge is -2.17. The van der Waals surface area contributed by atoms with Gasteiger partial charge in [0, 0.05) is 29.1 Å². The van der Waals surface area contributed by atoms with Gasteiger partial charge in [-0.1, -0.05) is 60.7 Å². The van der Waals surface area contributed by atoms with E-state index < -0.39 is 10.8 Å². The van der Waals surface area contributed by atoms with E-state index in [0.717, 1.165) is 5.56 Å². The number of carbonyl (C=O) groups excluding carboxylic acids is 1. The molecule has 0 bridgehead atoms. The van der Waals surface area contributed by atoms with Crippen LogP contribution in [0.1, 0.15) is 27.2 Å². The Labute approximate surface area is 206 Å². The molecule has 7 nitrogen and oxygen atoms in total. The van der Waals surface area contributed by atoms with E-state index >= 15 is 0 Å². The maximum Gasteiger partial charge on any atom is 0.270 e. The summed E-state index contributed by atoms with van der Waals surface area (Å²) in [7, 11) is 0. The molecular formula is C27H20N4O3S. The lowest BCUT2D eigenvalue weighted by molar-refractivity contribution is -0.384. The van der Waals surface area contributed by atoms with Gasteiger partial charge in [-0.2, -0.15) is 5.26 Å². The number of nitrogens with zero attached hydrogens (tertiary/aromatic N) is 3. The normalized spacial score (nSPS) is 10.4. The summed E-state index contributed by atoms with van der Waals surface area (Å²) in [5.41, 5.74) is 3.08. The zero-order valence-corrected chi connectivity index (χ0v) is 19.6. The molecule has 0 spiro atoms. The van der Waals surface area contributed by atoms with Crippen molar-refractivity contribution in [3.8, 4) is 17.2 Å². The molecule has 35 heavy (non-hydrogen) atoms. The van der Waals surface area contributed by atoms with E-state index in [9.17, 15) is 20.2 Å². The molecular weight excluding hydrogens is 460 g/mol. The lowest BCUT2D eigenvalue weighted by atomic mass is 9.94. The third-order valence-electron chi connectivity index (χ3n) is 5.28. The zero-order chi connectivity index (χ0) is 24.8. The number of rotatable bonds is 7. The van der Waals surface area contributed by atoms with E-state index in [4.69, 9.17) is 0 Å². The molecule has 0 aliphatic rings. The van der Waals surface area contributed by atoms with E-state index in [0.29, 0.717) is 33.3 Å². The van der Waals surface area contributed by atoms with Gasteiger partial charge < -0.3 is 5.32 Å². The number of aromatic nitrogens is 1. The molecule has 172 valence electrons. The fraction of sp³-hybridized carbons (Fsp3) is 0.0741. The number of hydrogen-bond donors (Lipinski definition) is 1. The quantitative estimate of drug-likeness (QED) is 0.187. The van der Waals surface area contributed by atoms with Crippen molar-refractivity contribution in [2.75, 3.05) is 5.32 Å². The number of pyridine rings is 1. The summed E-state index contributed by atoms with van der Waals surface area (Å²) in [5, 5.41) is 24.9. The smallest absolute Gasteiger partial charge is 0.270 e. The van der Waals surface area contributed by atoms with Gasteiger partial charge in [0.15, 0.2) is 0 Å². The number of nitrogens with one attached hydrogen (secondary N) is 1. The van der Waals surface area contributed by atoms with E-state index in [1.807, 2.05) is 36.4 Å². The molecule has 1 N–H and O–H groups in total. The van der Waals surface area contributed by atoms with Gasteiger partial charge in [0.25, 0.3) is 11.6 Å². The maximum atomic E-state index is 13.4. The van der Waals surface area contributed by atoms with E-state index in [1.54, 1.807) is 43.3 Å². The predicted octanol–water partition coefficient (Wildman–Crippen LogP) is 6.38. The third-order valence-corrected chi connectivity index (χ3v) is 6.33. The Bertz CT molecular complexity index is 1430. The average molecular weight is 481 g/mol. The van der Waals surface area contributed by atoms with Crippen LogP contribution in [0.5, 0.6) is 0 Å². The monoisotopic (exact) mass is 480 g/mol. The first-order chi connectivity index (χ1) is 17.0. The number of benzene rings is 3. The van der Waals surface area contributed by atoms with Crippen LogP contribution < -0.4 is 5.32 Å². The van der Waals surface area contributed by atoms with Crippen molar-refractivity contribution in [2.45, 2.75) is 17.7 Å². The standard InChI is InChI=1S/C27H20N4O3S/c1-18-24(26(32)30-21-12-6-3-7-13-21)25(20-11-8-14-22(15-20)31(33)34)23(16-28)27(29-18)35-17-19-9-4-2-5-10-19/h2-15H,17H2,1H3,(H,30,32). The topological polar surface area (TPSA) is 109 Å². The van der Waals surface area contributed by atoms with Crippen LogP contribution >= 0.6 is 11.8 Å². The Hall–Kier alpha value is -4.48. The molecule has 0 saturated carbocycles. The number of non-ortho nitro benzene ring substituents is 1. The van der Waals surface area contributed by atoms with Crippen molar-refractivity contribution in [1.29, 1.82) is 5.26 Å². The summed E-state index contributed by atoms with van der Waals surface area (Å²) in [5.74, 6) is 0.130. The number of hydrogen-bond acceptors (Lipinski definition) is 6. The number of nitro benzene ring substituents is 1. The first kappa shape index (κ1) is 23.7. The molecule has 0 aliphatic carbocycles. The van der Waals surface area contributed by atoms with Crippen molar-refractivity contribution in [3.63, 3.8) is 0 Å². The van der Waals surface area contributed by atoms with E-state index in [2.05, 4.69) is 16.4 Å². The van der Waals surface area contributed by atoms with Crippen LogP contribution in [-0.2, 0) is 5.75 Å². The molecule has 4 rings (SSSR count). The largest absolute Gasteiger partial charge is 0.322 e.